The van der Waals surface area contributed by atoms with Gasteiger partial charge in [-0.25, -0.2) is 4.79 Å². The third kappa shape index (κ3) is 4.10. The molecule has 4 heteroatoms. The summed E-state index contributed by atoms with van der Waals surface area (Å²) in [6.07, 6.45) is 11.2. The molecule has 0 radical (unpaired) electrons. The minimum Gasteiger partial charge on any atom is -0.478 e. The Hall–Kier alpha value is -1.39. The summed E-state index contributed by atoms with van der Waals surface area (Å²) in [6, 6.07) is 7.57. The topological polar surface area (TPSA) is 77.8 Å². The monoisotopic (exact) mass is 522 g/mol. The zero-order valence-corrected chi connectivity index (χ0v) is 24.0. The van der Waals surface area contributed by atoms with E-state index in [1.54, 1.807) is 12.1 Å². The minimum absolute atomic E-state index is 0.183. The Kier molecular flexibility index (Phi) is 6.78. The predicted molar refractivity (Wildman–Crippen MR) is 150 cm³/mol. The number of carbonyl (C=O) groups is 1. The van der Waals surface area contributed by atoms with Crippen LogP contribution in [0.2, 0.25) is 0 Å². The summed E-state index contributed by atoms with van der Waals surface area (Å²) < 4.78 is 0. The quantitative estimate of drug-likeness (QED) is 0.371. The van der Waals surface area contributed by atoms with Crippen molar-refractivity contribution in [2.75, 3.05) is 0 Å². The van der Waals surface area contributed by atoms with Crippen LogP contribution < -0.4 is 0 Å². The molecule has 1 aromatic rings. The molecule has 6 rings (SSSR count). The Bertz CT molecular complexity index is 1040. The lowest BCUT2D eigenvalue weighted by atomic mass is 9.41. The van der Waals surface area contributed by atoms with Crippen molar-refractivity contribution in [3.63, 3.8) is 0 Å². The third-order valence-electron chi connectivity index (χ3n) is 13.3. The average molecular weight is 523 g/mol. The molecule has 5 fully saturated rings. The number of aliphatic hydroxyl groups excluding tert-OH is 2. The fourth-order valence-corrected chi connectivity index (χ4v) is 11.4. The van der Waals surface area contributed by atoms with E-state index < -0.39 is 5.97 Å². The molecule has 0 amide bonds. The van der Waals surface area contributed by atoms with Crippen molar-refractivity contribution >= 4 is 5.97 Å². The Balaban J connectivity index is 1.17. The summed E-state index contributed by atoms with van der Waals surface area (Å²) in [7, 11) is 0. The summed E-state index contributed by atoms with van der Waals surface area (Å²) in [6.45, 7) is 9.88. The molecule has 5 saturated carbocycles. The molecule has 6 unspecified atom stereocenters. The molecule has 3 N–H and O–H groups in total. The van der Waals surface area contributed by atoms with E-state index in [0.717, 1.165) is 37.5 Å². The van der Waals surface area contributed by atoms with E-state index in [0.29, 0.717) is 52.4 Å². The van der Waals surface area contributed by atoms with Gasteiger partial charge in [-0.05, 0) is 140 Å². The molecule has 0 saturated heterocycles. The van der Waals surface area contributed by atoms with E-state index in [-0.39, 0.29) is 17.6 Å². The zero-order valence-electron chi connectivity index (χ0n) is 24.0. The van der Waals surface area contributed by atoms with Crippen molar-refractivity contribution in [1.82, 2.24) is 0 Å². The van der Waals surface area contributed by atoms with Gasteiger partial charge in [0.2, 0.25) is 0 Å². The van der Waals surface area contributed by atoms with E-state index in [2.05, 4.69) is 27.7 Å². The SMILES string of the molecule is CC[C@H]1[C@@H](O)C2C3CCC([C@H](C)CC4CC4c4ccc(C(=O)O)cc4)[C@@]3(C)CCC2[C@@]2(C)CC[C@@H](O)C[C@@H]12. The van der Waals surface area contributed by atoms with Crippen molar-refractivity contribution in [2.45, 2.75) is 110 Å². The van der Waals surface area contributed by atoms with Gasteiger partial charge in [0.1, 0.15) is 0 Å². The number of rotatable bonds is 6. The lowest BCUT2D eigenvalue weighted by molar-refractivity contribution is -0.203. The number of carboxylic acid groups (broad SMARTS) is 1. The lowest BCUT2D eigenvalue weighted by Gasteiger charge is -2.64. The standard InChI is InChI=1S/C34H50O4/c1-5-24-29-18-23(35)12-14-34(29,4)28-13-15-33(3)26(10-11-27(33)30(28)31(24)36)19(2)16-22-17-25(22)20-6-8-21(9-7-20)32(37)38/h6-9,19,22-31,35-36H,5,10-18H2,1-4H3,(H,37,38)/t19-,22?,23-,24-,25?,26?,27?,28?,29+,30?,31-,33-,34-/m1/s1. The van der Waals surface area contributed by atoms with E-state index in [9.17, 15) is 20.1 Å². The molecule has 5 aliphatic rings. The van der Waals surface area contributed by atoms with Gasteiger partial charge >= 0.3 is 5.97 Å². The van der Waals surface area contributed by atoms with Crippen LogP contribution in [0, 0.1) is 58.2 Å². The van der Waals surface area contributed by atoms with Gasteiger partial charge in [-0.1, -0.05) is 46.2 Å². The summed E-state index contributed by atoms with van der Waals surface area (Å²) in [5.41, 5.74) is 2.27. The van der Waals surface area contributed by atoms with Crippen molar-refractivity contribution in [3.8, 4) is 0 Å². The van der Waals surface area contributed by atoms with Crippen LogP contribution in [0.1, 0.15) is 114 Å². The van der Waals surface area contributed by atoms with Crippen LogP contribution in [-0.4, -0.2) is 33.5 Å². The second-order valence-corrected chi connectivity index (χ2v) is 14.9. The molecular formula is C34H50O4. The van der Waals surface area contributed by atoms with Crippen molar-refractivity contribution in [1.29, 1.82) is 0 Å². The lowest BCUT2D eigenvalue weighted by Crippen LogP contribution is -2.62. The second kappa shape index (κ2) is 9.61. The summed E-state index contributed by atoms with van der Waals surface area (Å²) in [4.78, 5) is 11.2. The average Bonchev–Trinajstić information content (AvgIpc) is 3.56. The molecule has 38 heavy (non-hydrogen) atoms. The smallest absolute Gasteiger partial charge is 0.335 e. The highest BCUT2D eigenvalue weighted by Crippen LogP contribution is 2.70. The predicted octanol–water partition coefficient (Wildman–Crippen LogP) is 7.14. The normalized spacial score (nSPS) is 48.5. The van der Waals surface area contributed by atoms with Crippen molar-refractivity contribution in [2.24, 2.45) is 58.2 Å². The van der Waals surface area contributed by atoms with Crippen LogP contribution >= 0.6 is 0 Å². The number of benzene rings is 1. The molecule has 0 heterocycles. The van der Waals surface area contributed by atoms with Gasteiger partial charge in [0.25, 0.3) is 0 Å². The number of aliphatic hydroxyl groups is 2. The van der Waals surface area contributed by atoms with Gasteiger partial charge in [-0.2, -0.15) is 0 Å². The van der Waals surface area contributed by atoms with Crippen molar-refractivity contribution < 1.29 is 20.1 Å². The molecular weight excluding hydrogens is 472 g/mol. The van der Waals surface area contributed by atoms with Gasteiger partial charge in [-0.15, -0.1) is 0 Å². The first-order valence-electron chi connectivity index (χ1n) is 15.8. The number of aromatic carboxylic acids is 1. The molecule has 5 aliphatic carbocycles. The van der Waals surface area contributed by atoms with Crippen LogP contribution in [0.25, 0.3) is 0 Å². The molecule has 0 aromatic heterocycles. The Morgan fingerprint density at radius 1 is 0.947 bits per heavy atom. The first-order chi connectivity index (χ1) is 18.1. The molecule has 1 aromatic carbocycles. The third-order valence-corrected chi connectivity index (χ3v) is 13.3. The minimum atomic E-state index is -0.852. The molecule has 4 nitrogen and oxygen atoms in total. The first-order valence-corrected chi connectivity index (χ1v) is 15.8. The Labute approximate surface area is 229 Å². The van der Waals surface area contributed by atoms with E-state index in [1.165, 1.54) is 44.1 Å². The number of hydrogen-bond donors (Lipinski definition) is 3. The first kappa shape index (κ1) is 26.8. The highest BCUT2D eigenvalue weighted by atomic mass is 16.4. The van der Waals surface area contributed by atoms with Gasteiger partial charge in [-0.3, -0.25) is 0 Å². The van der Waals surface area contributed by atoms with E-state index >= 15 is 0 Å². The Morgan fingerprint density at radius 2 is 1.63 bits per heavy atom. The van der Waals surface area contributed by atoms with Crippen LogP contribution in [-0.2, 0) is 0 Å². The Morgan fingerprint density at radius 3 is 2.32 bits per heavy atom. The number of carboxylic acids is 1. The van der Waals surface area contributed by atoms with Gasteiger partial charge in [0, 0.05) is 0 Å². The summed E-state index contributed by atoms with van der Waals surface area (Å²) in [5.74, 6) is 4.32. The molecule has 0 aliphatic heterocycles. The van der Waals surface area contributed by atoms with E-state index in [4.69, 9.17) is 0 Å². The second-order valence-electron chi connectivity index (χ2n) is 14.9. The van der Waals surface area contributed by atoms with Gasteiger partial charge in [0.05, 0.1) is 17.8 Å². The van der Waals surface area contributed by atoms with Crippen LogP contribution in [0.5, 0.6) is 0 Å². The molecule has 13 atom stereocenters. The molecule has 0 spiro atoms. The fraction of sp³-hybridized carbons (Fsp3) is 0.794. The maximum absolute atomic E-state index is 11.9. The van der Waals surface area contributed by atoms with Crippen LogP contribution in [0.15, 0.2) is 24.3 Å². The highest BCUT2D eigenvalue weighted by Gasteiger charge is 2.65. The van der Waals surface area contributed by atoms with Gasteiger partial charge in [0.15, 0.2) is 0 Å². The highest BCUT2D eigenvalue weighted by molar-refractivity contribution is 5.87. The maximum Gasteiger partial charge on any atom is 0.335 e. The van der Waals surface area contributed by atoms with Crippen LogP contribution in [0.3, 0.4) is 0 Å². The number of hydrogen-bond acceptors (Lipinski definition) is 3. The van der Waals surface area contributed by atoms with E-state index in [1.807, 2.05) is 12.1 Å². The van der Waals surface area contributed by atoms with Gasteiger partial charge < -0.3 is 15.3 Å². The fourth-order valence-electron chi connectivity index (χ4n) is 11.4. The maximum atomic E-state index is 11.9. The molecule has 210 valence electrons. The molecule has 0 bridgehead atoms. The number of fused-ring (bicyclic) bond motifs is 5. The van der Waals surface area contributed by atoms with Crippen LogP contribution in [0.4, 0.5) is 0 Å². The summed E-state index contributed by atoms with van der Waals surface area (Å²) >= 11 is 0. The zero-order chi connectivity index (χ0) is 27.0. The largest absolute Gasteiger partial charge is 0.478 e. The summed E-state index contributed by atoms with van der Waals surface area (Å²) in [5, 5.41) is 31.7. The van der Waals surface area contributed by atoms with Crippen molar-refractivity contribution in [3.05, 3.63) is 35.4 Å².